The normalized spacial score (nSPS) is 14.9. The topological polar surface area (TPSA) is 318 Å². The lowest BCUT2D eigenvalue weighted by atomic mass is 10.00. The van der Waals surface area contributed by atoms with Crippen LogP contribution >= 0.6 is 11.8 Å². The van der Waals surface area contributed by atoms with E-state index in [1.807, 2.05) is 62.4 Å². The van der Waals surface area contributed by atoms with Gasteiger partial charge in [-0.3, -0.25) is 19.3 Å². The number of Topliss-reactive ketones (excluding diaryl/α,β-unsaturated/α-hetero) is 1. The Morgan fingerprint density at radius 3 is 1.60 bits per heavy atom. The zero-order valence-electron chi connectivity index (χ0n) is 59.8. The average molecular weight is 1470 g/mol. The number of hydrogen-bond donors (Lipinski definition) is 8. The molecule has 3 aliphatic heterocycles. The lowest BCUT2D eigenvalue weighted by Crippen LogP contribution is -2.44. The van der Waals surface area contributed by atoms with Crippen LogP contribution in [0.25, 0.3) is 44.5 Å². The predicted molar refractivity (Wildman–Crippen MR) is 415 cm³/mol. The lowest BCUT2D eigenvalue weighted by Gasteiger charge is -2.33. The molecule has 9 aromatic rings. The van der Waals surface area contributed by atoms with Crippen LogP contribution < -0.4 is 65.8 Å². The Bertz CT molecular complexity index is 4650. The molecule has 0 spiro atoms. The highest BCUT2D eigenvalue weighted by Gasteiger charge is 2.29. The van der Waals surface area contributed by atoms with Gasteiger partial charge in [0.15, 0.2) is 34.0 Å². The van der Waals surface area contributed by atoms with E-state index in [4.69, 9.17) is 35.6 Å². The van der Waals surface area contributed by atoms with Gasteiger partial charge in [-0.05, 0) is 152 Å². The Labute approximate surface area is 612 Å². The summed E-state index contributed by atoms with van der Waals surface area (Å²) in [5.41, 5.74) is 23.0. The Morgan fingerprint density at radius 1 is 0.596 bits per heavy atom. The third-order valence-corrected chi connectivity index (χ3v) is 21.9. The van der Waals surface area contributed by atoms with Gasteiger partial charge >= 0.3 is 0 Å². The number of methoxy groups -OCH3 is 3. The van der Waals surface area contributed by atoms with E-state index >= 15 is 0 Å². The molecule has 1 aliphatic carbocycles. The highest BCUT2D eigenvalue weighted by Crippen LogP contribution is 2.43. The standard InChI is InChI=1S/C26H33N5O4S.C25H30FN5O3S.C24H29N7OS/c1-4-13-36(32,33)30-23-15-19(16-24(34-2)25(23)35-3)22-14-20(17-29-26(22)27)18-5-7-21(8-6-18)31-11-9-28-10-12-31;1-3-12-35(32,33)30-23-15-18(14-22(26)24(23)34-2)21-13-19(16-29-25(21)27)17-4-6-20(7-5-17)31-10-8-28-9-11-31;1-16-13-22(29-28-16)25-21-15-23(31-11-9-30(2)10-12-31)27-24(26-21)33-19-7-3-17(4-8-19)14-20(32)18-5-6-18/h5-8,14-17,28,30H,4,9-13H2,1-3H3,(H2,27,29);4-7,13-16,28,30H,3,8-12H2,1-2H3,(H2,27,29);3-4,7-8,13,15,18H,5-6,9-12,14H2,1-2H3,(H2,25,26,27,28,29). The van der Waals surface area contributed by atoms with Crippen LogP contribution in [-0.2, 0) is 31.3 Å². The zero-order valence-corrected chi connectivity index (χ0v) is 62.2. The molecule has 0 bridgehead atoms. The van der Waals surface area contributed by atoms with Crippen LogP contribution in [0.5, 0.6) is 17.2 Å². The van der Waals surface area contributed by atoms with Crippen molar-refractivity contribution in [2.24, 2.45) is 5.92 Å². The van der Waals surface area contributed by atoms with Crippen molar-refractivity contribution in [3.05, 3.63) is 151 Å². The summed E-state index contributed by atoms with van der Waals surface area (Å²) in [4.78, 5) is 40.8. The number of halogens is 1. The number of sulfonamides is 2. The van der Waals surface area contributed by atoms with Crippen molar-refractivity contribution < 1.29 is 40.2 Å². The average Bonchev–Trinajstić information content (AvgIpc) is 0.859. The third kappa shape index (κ3) is 19.9. The number of carbonyl (C=O) groups is 1. The number of anilines is 9. The number of aryl methyl sites for hydroxylation is 1. The maximum atomic E-state index is 14.9. The number of nitrogens with one attached hydrogen (secondary N) is 6. The van der Waals surface area contributed by atoms with Crippen molar-refractivity contribution >= 4 is 89.4 Å². The number of aromatic amines is 1. The fourth-order valence-corrected chi connectivity index (χ4v) is 15.4. The number of rotatable bonds is 25. The van der Waals surface area contributed by atoms with Crippen LogP contribution in [0.15, 0.2) is 144 Å². The molecule has 1 saturated carbocycles. The van der Waals surface area contributed by atoms with Crippen LogP contribution in [0, 0.1) is 18.7 Å². The van der Waals surface area contributed by atoms with Gasteiger partial charge in [-0.1, -0.05) is 50.2 Å². The number of nitrogens with two attached hydrogens (primary N) is 2. The summed E-state index contributed by atoms with van der Waals surface area (Å²) in [6, 6.07) is 38.7. The van der Waals surface area contributed by atoms with Crippen molar-refractivity contribution in [2.45, 2.75) is 62.9 Å². The second kappa shape index (κ2) is 34.7. The molecule has 5 aromatic carbocycles. The number of pyridine rings is 2. The van der Waals surface area contributed by atoms with Gasteiger partial charge in [0.1, 0.15) is 29.1 Å². The smallest absolute Gasteiger partial charge is 0.232 e. The van der Waals surface area contributed by atoms with Gasteiger partial charge in [-0.15, -0.1) is 0 Å². The van der Waals surface area contributed by atoms with Crippen LogP contribution in [0.4, 0.5) is 56.2 Å². The Morgan fingerprint density at radius 2 is 1.12 bits per heavy atom. The molecule has 10 N–H and O–H groups in total. The molecule has 550 valence electrons. The van der Waals surface area contributed by atoms with Gasteiger partial charge in [0.2, 0.25) is 20.0 Å². The number of likely N-dealkylation sites (N-methyl/N-ethyl adjacent to an activating group) is 1. The summed E-state index contributed by atoms with van der Waals surface area (Å²) in [6.45, 7) is 17.2. The highest BCUT2D eigenvalue weighted by molar-refractivity contribution is 7.99. The second-order valence-electron chi connectivity index (χ2n) is 25.9. The largest absolute Gasteiger partial charge is 0.493 e. The first kappa shape index (κ1) is 75.4. The summed E-state index contributed by atoms with van der Waals surface area (Å²) in [5.74, 6) is 3.26. The second-order valence-corrected chi connectivity index (χ2v) is 30.7. The molecule has 104 heavy (non-hydrogen) atoms. The molecule has 13 rings (SSSR count). The maximum absolute atomic E-state index is 14.9. The van der Waals surface area contributed by atoms with Gasteiger partial charge in [-0.2, -0.15) is 5.10 Å². The number of hydrogen-bond acceptors (Lipinski definition) is 23. The number of carbonyl (C=O) groups excluding carboxylic acids is 1. The van der Waals surface area contributed by atoms with Crippen LogP contribution in [0.1, 0.15) is 50.8 Å². The van der Waals surface area contributed by atoms with E-state index < -0.39 is 25.9 Å². The summed E-state index contributed by atoms with van der Waals surface area (Å²) in [5, 5.41) is 17.9. The SMILES string of the molecule is CCCS(=O)(=O)Nc1cc(-c2cc(-c3ccc(N4CCNCC4)cc3)cnc2N)cc(F)c1OC.CCCS(=O)(=O)Nc1cc(-c2cc(-c3ccc(N4CCNCC4)cc3)cnc2N)cc(OC)c1OC.Cc1cc(Nc2cc(N3CCN(C)CC3)nc(Sc3ccc(CC(=O)C4CC4)cc3)n2)n[nH]1. The molecule has 0 unspecified atom stereocenters. The number of H-pyrrole nitrogens is 1. The first-order valence-corrected chi connectivity index (χ1v) is 39.0. The van der Waals surface area contributed by atoms with Gasteiger partial charge in [0, 0.05) is 160 Å². The number of ether oxygens (including phenoxy) is 3. The minimum Gasteiger partial charge on any atom is -0.493 e. The van der Waals surface area contributed by atoms with E-state index in [9.17, 15) is 26.0 Å². The fraction of sp³-hybridized carbons (Fsp3) is 0.360. The minimum absolute atomic E-state index is 0.00812. The molecule has 4 aromatic heterocycles. The number of nitrogens with zero attached hydrogens (tertiary/aromatic N) is 9. The van der Waals surface area contributed by atoms with E-state index in [0.29, 0.717) is 75.7 Å². The van der Waals surface area contributed by atoms with Crippen LogP contribution in [0.2, 0.25) is 0 Å². The molecule has 4 aliphatic rings. The quantitative estimate of drug-likeness (QED) is 0.0247. The first-order chi connectivity index (χ1) is 50.2. The molecule has 4 fully saturated rings. The van der Waals surface area contributed by atoms with Gasteiger partial charge in [0.25, 0.3) is 0 Å². The van der Waals surface area contributed by atoms with E-state index in [1.165, 1.54) is 50.9 Å². The molecule has 0 amide bonds. The lowest BCUT2D eigenvalue weighted by molar-refractivity contribution is -0.119. The van der Waals surface area contributed by atoms with Gasteiger partial charge in [0.05, 0.1) is 44.2 Å². The molecule has 7 heterocycles. The maximum Gasteiger partial charge on any atom is 0.232 e. The molecule has 29 heteroatoms. The highest BCUT2D eigenvalue weighted by atomic mass is 32.2. The Kier molecular flexibility index (Phi) is 25.1. The van der Waals surface area contributed by atoms with E-state index in [2.05, 4.69) is 121 Å². The molecule has 3 saturated heterocycles. The van der Waals surface area contributed by atoms with Crippen molar-refractivity contribution in [2.75, 3.05) is 159 Å². The molecule has 25 nitrogen and oxygen atoms in total. The molecular formula is C75H92FN17O8S3. The molecule has 0 atom stereocenters. The predicted octanol–water partition coefficient (Wildman–Crippen LogP) is 11.0. The Balaban J connectivity index is 0.000000156. The van der Waals surface area contributed by atoms with Crippen molar-refractivity contribution in [1.29, 1.82) is 0 Å². The van der Waals surface area contributed by atoms with Crippen LogP contribution in [-0.4, -0.2) is 176 Å². The van der Waals surface area contributed by atoms with E-state index in [1.54, 1.807) is 31.5 Å². The molecular weight excluding hydrogens is 1380 g/mol. The monoisotopic (exact) mass is 1470 g/mol. The fourth-order valence-electron chi connectivity index (χ4n) is 12.4. The number of ketones is 1. The van der Waals surface area contributed by atoms with E-state index in [-0.39, 0.29) is 34.4 Å². The van der Waals surface area contributed by atoms with Crippen molar-refractivity contribution in [3.63, 3.8) is 0 Å². The van der Waals surface area contributed by atoms with Crippen molar-refractivity contribution in [1.82, 2.24) is 45.7 Å². The summed E-state index contributed by atoms with van der Waals surface area (Å²) in [6.07, 6.45) is 6.97. The van der Waals surface area contributed by atoms with Crippen molar-refractivity contribution in [3.8, 4) is 61.8 Å². The number of benzene rings is 5. The van der Waals surface area contributed by atoms with Crippen LogP contribution in [0.3, 0.4) is 0 Å². The van der Waals surface area contributed by atoms with E-state index in [0.717, 1.165) is 153 Å². The summed E-state index contributed by atoms with van der Waals surface area (Å²) < 4.78 is 85.8. The first-order valence-electron chi connectivity index (χ1n) is 34.9. The van der Waals surface area contributed by atoms with Gasteiger partial charge < -0.3 is 61.2 Å². The Hall–Kier alpha value is -9.78. The minimum atomic E-state index is -3.66. The summed E-state index contributed by atoms with van der Waals surface area (Å²) in [7, 11) is -0.809. The third-order valence-electron chi connectivity index (χ3n) is 18.1. The number of piperazine rings is 3. The number of aromatic nitrogens is 6. The summed E-state index contributed by atoms with van der Waals surface area (Å²) >= 11 is 1.53. The van der Waals surface area contributed by atoms with Gasteiger partial charge in [-0.25, -0.2) is 41.2 Å². The number of nitrogen functional groups attached to an aromatic ring is 2. The zero-order chi connectivity index (χ0) is 73.5. The molecule has 0 radical (unpaired) electrons.